The van der Waals surface area contributed by atoms with Crippen LogP contribution in [0, 0.1) is 0 Å². The third kappa shape index (κ3) is 5.44. The van der Waals surface area contributed by atoms with Gasteiger partial charge < -0.3 is 10.2 Å². The van der Waals surface area contributed by atoms with Crippen LogP contribution in [0.1, 0.15) is 23.1 Å². The normalized spacial score (nSPS) is 11.5. The first-order valence-corrected chi connectivity index (χ1v) is 6.80. The lowest BCUT2D eigenvalue weighted by atomic mass is 10.3. The second kappa shape index (κ2) is 8.02. The van der Waals surface area contributed by atoms with Crippen molar-refractivity contribution in [2.45, 2.75) is 19.9 Å². The van der Waals surface area contributed by atoms with Crippen LogP contribution >= 0.6 is 11.3 Å². The molecule has 1 rings (SSSR count). The molecule has 0 amide bonds. The number of aliphatic hydroxyl groups excluding tert-OH is 1. The molecule has 0 bridgehead atoms. The van der Waals surface area contributed by atoms with Crippen molar-refractivity contribution in [2.24, 2.45) is 0 Å². The summed E-state index contributed by atoms with van der Waals surface area (Å²) in [5.41, 5.74) is 0. The minimum atomic E-state index is -0.933. The fourth-order valence-corrected chi connectivity index (χ4v) is 2.63. The first-order chi connectivity index (χ1) is 8.65. The van der Waals surface area contributed by atoms with E-state index in [4.69, 9.17) is 10.2 Å². The lowest BCUT2D eigenvalue weighted by Crippen LogP contribution is -2.26. The van der Waals surface area contributed by atoms with Gasteiger partial charge >= 0.3 is 5.97 Å². The Labute approximate surface area is 111 Å². The summed E-state index contributed by atoms with van der Waals surface area (Å²) in [6, 6.07) is 3.93. The van der Waals surface area contributed by atoms with Crippen molar-refractivity contribution in [3.63, 3.8) is 0 Å². The van der Waals surface area contributed by atoms with Gasteiger partial charge in [-0.1, -0.05) is 6.92 Å². The molecule has 4 nitrogen and oxygen atoms in total. The first-order valence-electron chi connectivity index (χ1n) is 5.98. The fraction of sp³-hybridized carbons (Fsp3) is 0.462. The summed E-state index contributed by atoms with van der Waals surface area (Å²) < 4.78 is 0. The molecule has 100 valence electrons. The summed E-state index contributed by atoms with van der Waals surface area (Å²) in [7, 11) is 0. The van der Waals surface area contributed by atoms with Gasteiger partial charge in [-0.15, -0.1) is 11.3 Å². The number of rotatable bonds is 8. The van der Waals surface area contributed by atoms with E-state index >= 15 is 0 Å². The van der Waals surface area contributed by atoms with E-state index in [0.29, 0.717) is 6.54 Å². The van der Waals surface area contributed by atoms with Gasteiger partial charge in [0, 0.05) is 28.9 Å². The third-order valence-electron chi connectivity index (χ3n) is 2.41. The summed E-state index contributed by atoms with van der Waals surface area (Å²) in [4.78, 5) is 14.7. The van der Waals surface area contributed by atoms with Crippen LogP contribution in [0.15, 0.2) is 18.2 Å². The van der Waals surface area contributed by atoms with E-state index in [0.717, 1.165) is 30.5 Å². The molecule has 5 heteroatoms. The fourth-order valence-electron chi connectivity index (χ4n) is 1.67. The Bertz CT molecular complexity index is 395. The number of nitrogens with zero attached hydrogens (tertiary/aromatic N) is 1. The smallest absolute Gasteiger partial charge is 0.328 e. The van der Waals surface area contributed by atoms with Crippen LogP contribution in [-0.4, -0.2) is 40.8 Å². The first kappa shape index (κ1) is 14.9. The van der Waals surface area contributed by atoms with Gasteiger partial charge in [-0.25, -0.2) is 4.79 Å². The Morgan fingerprint density at radius 3 is 2.83 bits per heavy atom. The highest BCUT2D eigenvalue weighted by Crippen LogP contribution is 2.19. The molecule has 0 aliphatic heterocycles. The monoisotopic (exact) mass is 269 g/mol. The minimum absolute atomic E-state index is 0.164. The standard InChI is InChI=1S/C13H19NO3S/c1-2-7-14(8-9-15)10-12-4-3-11(18-12)5-6-13(16)17/h3-6,15H,2,7-10H2,1H3,(H,16,17)/b6-5+. The van der Waals surface area contributed by atoms with E-state index in [1.807, 2.05) is 12.1 Å². The predicted molar refractivity (Wildman–Crippen MR) is 73.6 cm³/mol. The summed E-state index contributed by atoms with van der Waals surface area (Å²) >= 11 is 1.58. The molecule has 0 aliphatic rings. The summed E-state index contributed by atoms with van der Waals surface area (Å²) in [6.45, 7) is 4.71. The molecule has 0 spiro atoms. The van der Waals surface area contributed by atoms with Crippen LogP contribution in [-0.2, 0) is 11.3 Å². The number of hydrogen-bond acceptors (Lipinski definition) is 4. The summed E-state index contributed by atoms with van der Waals surface area (Å²) in [6.07, 6.45) is 3.80. The highest BCUT2D eigenvalue weighted by atomic mass is 32.1. The maximum absolute atomic E-state index is 10.4. The molecule has 1 heterocycles. The van der Waals surface area contributed by atoms with Gasteiger partial charge in [-0.3, -0.25) is 4.90 Å². The Morgan fingerprint density at radius 2 is 2.22 bits per heavy atom. The van der Waals surface area contributed by atoms with E-state index in [-0.39, 0.29) is 6.61 Å². The minimum Gasteiger partial charge on any atom is -0.478 e. The molecule has 0 saturated carbocycles. The second-order valence-electron chi connectivity index (χ2n) is 3.98. The SMILES string of the molecule is CCCN(CCO)Cc1ccc(/C=C/C(=O)O)s1. The second-order valence-corrected chi connectivity index (χ2v) is 5.18. The Morgan fingerprint density at radius 1 is 1.44 bits per heavy atom. The number of carboxylic acids is 1. The number of aliphatic carboxylic acids is 1. The molecule has 18 heavy (non-hydrogen) atoms. The summed E-state index contributed by atoms with van der Waals surface area (Å²) in [5.74, 6) is -0.933. The molecule has 1 aromatic heterocycles. The maximum Gasteiger partial charge on any atom is 0.328 e. The van der Waals surface area contributed by atoms with Crippen molar-refractivity contribution in [1.82, 2.24) is 4.90 Å². The van der Waals surface area contributed by atoms with Gasteiger partial charge in [0.05, 0.1) is 6.61 Å². The van der Waals surface area contributed by atoms with Gasteiger partial charge in [0.15, 0.2) is 0 Å². The largest absolute Gasteiger partial charge is 0.478 e. The lowest BCUT2D eigenvalue weighted by molar-refractivity contribution is -0.131. The van der Waals surface area contributed by atoms with Crippen molar-refractivity contribution in [2.75, 3.05) is 19.7 Å². The lowest BCUT2D eigenvalue weighted by Gasteiger charge is -2.19. The summed E-state index contributed by atoms with van der Waals surface area (Å²) in [5, 5.41) is 17.5. The number of aliphatic hydroxyl groups is 1. The average molecular weight is 269 g/mol. The Kier molecular flexibility index (Phi) is 6.64. The number of hydrogen-bond donors (Lipinski definition) is 2. The molecular weight excluding hydrogens is 250 g/mol. The topological polar surface area (TPSA) is 60.8 Å². The predicted octanol–water partition coefficient (Wildman–Crippen LogP) is 2.05. The zero-order chi connectivity index (χ0) is 13.4. The van der Waals surface area contributed by atoms with Crippen molar-refractivity contribution in [3.8, 4) is 0 Å². The zero-order valence-electron chi connectivity index (χ0n) is 10.5. The quantitative estimate of drug-likeness (QED) is 0.709. The molecule has 0 saturated heterocycles. The molecule has 2 N–H and O–H groups in total. The highest BCUT2D eigenvalue weighted by molar-refractivity contribution is 7.12. The molecule has 0 unspecified atom stereocenters. The van der Waals surface area contributed by atoms with Gasteiger partial charge in [-0.2, -0.15) is 0 Å². The van der Waals surface area contributed by atoms with Crippen LogP contribution in [0.5, 0.6) is 0 Å². The van der Waals surface area contributed by atoms with Gasteiger partial charge in [0.25, 0.3) is 0 Å². The van der Waals surface area contributed by atoms with Crippen molar-refractivity contribution in [3.05, 3.63) is 28.0 Å². The molecule has 0 fully saturated rings. The third-order valence-corrected chi connectivity index (χ3v) is 3.44. The van der Waals surface area contributed by atoms with Crippen LogP contribution in [0.25, 0.3) is 6.08 Å². The van der Waals surface area contributed by atoms with Gasteiger partial charge in [-0.05, 0) is 31.2 Å². The van der Waals surface area contributed by atoms with Crippen molar-refractivity contribution < 1.29 is 15.0 Å². The Hall–Kier alpha value is -1.17. The average Bonchev–Trinajstić information content (AvgIpc) is 2.75. The van der Waals surface area contributed by atoms with Crippen LogP contribution < -0.4 is 0 Å². The van der Waals surface area contributed by atoms with Gasteiger partial charge in [0.1, 0.15) is 0 Å². The van der Waals surface area contributed by atoms with Crippen LogP contribution in [0.4, 0.5) is 0 Å². The molecular formula is C13H19NO3S. The van der Waals surface area contributed by atoms with E-state index in [2.05, 4.69) is 11.8 Å². The molecule has 0 aliphatic carbocycles. The van der Waals surface area contributed by atoms with Crippen molar-refractivity contribution in [1.29, 1.82) is 0 Å². The number of thiophene rings is 1. The molecule has 0 radical (unpaired) electrons. The molecule has 0 aromatic carbocycles. The van der Waals surface area contributed by atoms with E-state index < -0.39 is 5.97 Å². The highest BCUT2D eigenvalue weighted by Gasteiger charge is 2.06. The van der Waals surface area contributed by atoms with E-state index in [1.54, 1.807) is 17.4 Å². The van der Waals surface area contributed by atoms with Gasteiger partial charge in [0.2, 0.25) is 0 Å². The van der Waals surface area contributed by atoms with Crippen LogP contribution in [0.2, 0.25) is 0 Å². The van der Waals surface area contributed by atoms with E-state index in [1.165, 1.54) is 4.88 Å². The molecule has 1 aromatic rings. The maximum atomic E-state index is 10.4. The number of carboxylic acid groups (broad SMARTS) is 1. The van der Waals surface area contributed by atoms with E-state index in [9.17, 15) is 4.79 Å². The number of carbonyl (C=O) groups is 1. The molecule has 0 atom stereocenters. The zero-order valence-corrected chi connectivity index (χ0v) is 11.3. The van der Waals surface area contributed by atoms with Crippen molar-refractivity contribution >= 4 is 23.4 Å². The Balaban J connectivity index is 2.58. The van der Waals surface area contributed by atoms with Crippen LogP contribution in [0.3, 0.4) is 0 Å².